The highest BCUT2D eigenvalue weighted by Crippen LogP contribution is 2.19. The molecule has 0 aromatic rings. The molecule has 0 spiro atoms. The minimum Gasteiger partial charge on any atom is -0.294 e. The van der Waals surface area contributed by atoms with Gasteiger partial charge in [0.1, 0.15) is 0 Å². The standard InChI is InChI=1S/C9H17N/c1-2-8-10-9-6-4-3-5-7-9/h8-9H,2-7H2,1H3/b10-8+. The summed E-state index contributed by atoms with van der Waals surface area (Å²) in [6.07, 6.45) is 10.0. The maximum absolute atomic E-state index is 4.48. The Balaban J connectivity index is 2.19. The summed E-state index contributed by atoms with van der Waals surface area (Å²) >= 11 is 0. The zero-order chi connectivity index (χ0) is 7.23. The van der Waals surface area contributed by atoms with Crippen LogP contribution < -0.4 is 0 Å². The van der Waals surface area contributed by atoms with Crippen molar-refractivity contribution >= 4 is 6.21 Å². The molecule has 0 saturated heterocycles. The smallest absolute Gasteiger partial charge is 0.0495 e. The molecule has 1 rings (SSSR count). The van der Waals surface area contributed by atoms with E-state index in [4.69, 9.17) is 0 Å². The van der Waals surface area contributed by atoms with Crippen molar-refractivity contribution < 1.29 is 0 Å². The highest BCUT2D eigenvalue weighted by atomic mass is 14.8. The number of hydrogen-bond acceptors (Lipinski definition) is 1. The monoisotopic (exact) mass is 139 g/mol. The third-order valence-corrected chi connectivity index (χ3v) is 2.07. The first-order chi connectivity index (χ1) is 4.93. The Morgan fingerprint density at radius 3 is 2.60 bits per heavy atom. The third-order valence-electron chi connectivity index (χ3n) is 2.07. The van der Waals surface area contributed by atoms with Gasteiger partial charge in [0.25, 0.3) is 0 Å². The molecular weight excluding hydrogens is 122 g/mol. The van der Waals surface area contributed by atoms with E-state index in [9.17, 15) is 0 Å². The first kappa shape index (κ1) is 7.77. The summed E-state index contributed by atoms with van der Waals surface area (Å²) in [5.41, 5.74) is 0. The zero-order valence-corrected chi connectivity index (χ0v) is 6.84. The van der Waals surface area contributed by atoms with E-state index >= 15 is 0 Å². The molecule has 0 unspecified atom stereocenters. The topological polar surface area (TPSA) is 12.4 Å². The van der Waals surface area contributed by atoms with Crippen molar-refractivity contribution in [3.63, 3.8) is 0 Å². The summed E-state index contributed by atoms with van der Waals surface area (Å²) in [5.74, 6) is 0. The number of rotatable bonds is 2. The summed E-state index contributed by atoms with van der Waals surface area (Å²) in [7, 11) is 0. The average molecular weight is 139 g/mol. The van der Waals surface area contributed by atoms with E-state index < -0.39 is 0 Å². The lowest BCUT2D eigenvalue weighted by molar-refractivity contribution is 0.444. The molecule has 1 heteroatoms. The summed E-state index contributed by atoms with van der Waals surface area (Å²) in [4.78, 5) is 4.48. The molecule has 0 aliphatic heterocycles. The van der Waals surface area contributed by atoms with Crippen LogP contribution in [0.3, 0.4) is 0 Å². The summed E-state index contributed by atoms with van der Waals surface area (Å²) in [6.45, 7) is 2.15. The van der Waals surface area contributed by atoms with Crippen LogP contribution in [0, 0.1) is 0 Å². The number of nitrogens with zero attached hydrogens (tertiary/aromatic N) is 1. The van der Waals surface area contributed by atoms with E-state index in [0.29, 0.717) is 6.04 Å². The zero-order valence-electron chi connectivity index (χ0n) is 6.84. The minimum atomic E-state index is 0.675. The van der Waals surface area contributed by atoms with Crippen LogP contribution in [0.15, 0.2) is 4.99 Å². The molecule has 1 aliphatic rings. The van der Waals surface area contributed by atoms with Gasteiger partial charge in [-0.2, -0.15) is 0 Å². The maximum atomic E-state index is 4.48. The normalized spacial score (nSPS) is 22.1. The quantitative estimate of drug-likeness (QED) is 0.522. The molecule has 1 fully saturated rings. The second-order valence-electron chi connectivity index (χ2n) is 3.03. The van der Waals surface area contributed by atoms with Crippen LogP contribution in [0.4, 0.5) is 0 Å². The van der Waals surface area contributed by atoms with Gasteiger partial charge in [-0.05, 0) is 25.5 Å². The molecule has 0 bridgehead atoms. The molecule has 0 aromatic carbocycles. The van der Waals surface area contributed by atoms with Crippen LogP contribution in [0.1, 0.15) is 45.4 Å². The first-order valence-electron chi connectivity index (χ1n) is 4.45. The molecule has 0 aromatic heterocycles. The second-order valence-corrected chi connectivity index (χ2v) is 3.03. The van der Waals surface area contributed by atoms with Gasteiger partial charge in [-0.1, -0.05) is 26.2 Å². The summed E-state index contributed by atoms with van der Waals surface area (Å²) < 4.78 is 0. The fourth-order valence-electron chi connectivity index (χ4n) is 1.48. The molecule has 0 atom stereocenters. The van der Waals surface area contributed by atoms with E-state index in [-0.39, 0.29) is 0 Å². The van der Waals surface area contributed by atoms with E-state index in [0.717, 1.165) is 6.42 Å². The fourth-order valence-corrected chi connectivity index (χ4v) is 1.48. The fraction of sp³-hybridized carbons (Fsp3) is 0.889. The molecule has 0 amide bonds. The number of hydrogen-bond donors (Lipinski definition) is 0. The largest absolute Gasteiger partial charge is 0.294 e. The maximum Gasteiger partial charge on any atom is 0.0495 e. The van der Waals surface area contributed by atoms with Crippen molar-refractivity contribution in [2.24, 2.45) is 4.99 Å². The lowest BCUT2D eigenvalue weighted by atomic mass is 9.96. The van der Waals surface area contributed by atoms with Gasteiger partial charge in [0.2, 0.25) is 0 Å². The Hall–Kier alpha value is -0.330. The van der Waals surface area contributed by atoms with E-state index in [1.165, 1.54) is 32.1 Å². The summed E-state index contributed by atoms with van der Waals surface area (Å²) in [6, 6.07) is 0.675. The van der Waals surface area contributed by atoms with Crippen molar-refractivity contribution in [3.8, 4) is 0 Å². The molecule has 10 heavy (non-hydrogen) atoms. The predicted octanol–water partition coefficient (Wildman–Crippen LogP) is 2.80. The van der Waals surface area contributed by atoms with Gasteiger partial charge in [-0.25, -0.2) is 0 Å². The average Bonchev–Trinajstić information content (AvgIpc) is 2.03. The van der Waals surface area contributed by atoms with Crippen molar-refractivity contribution in [3.05, 3.63) is 0 Å². The van der Waals surface area contributed by atoms with Crippen LogP contribution in [-0.2, 0) is 0 Å². The highest BCUT2D eigenvalue weighted by molar-refractivity contribution is 5.56. The summed E-state index contributed by atoms with van der Waals surface area (Å²) in [5, 5.41) is 0. The van der Waals surface area contributed by atoms with E-state index in [1.54, 1.807) is 0 Å². The number of aliphatic imine (C=N–C) groups is 1. The van der Waals surface area contributed by atoms with Gasteiger partial charge in [0.15, 0.2) is 0 Å². The van der Waals surface area contributed by atoms with E-state index in [2.05, 4.69) is 18.1 Å². The van der Waals surface area contributed by atoms with Gasteiger partial charge >= 0.3 is 0 Å². The Morgan fingerprint density at radius 1 is 1.30 bits per heavy atom. The lowest BCUT2D eigenvalue weighted by Gasteiger charge is -2.16. The molecule has 0 radical (unpaired) electrons. The van der Waals surface area contributed by atoms with Crippen molar-refractivity contribution in [2.45, 2.75) is 51.5 Å². The van der Waals surface area contributed by atoms with Crippen LogP contribution in [0.2, 0.25) is 0 Å². The Morgan fingerprint density at radius 2 is 2.00 bits per heavy atom. The van der Waals surface area contributed by atoms with Crippen molar-refractivity contribution in [1.82, 2.24) is 0 Å². The molecule has 1 saturated carbocycles. The Bertz CT molecular complexity index is 101. The third kappa shape index (κ3) is 2.51. The molecule has 0 heterocycles. The Kier molecular flexibility index (Phi) is 3.48. The van der Waals surface area contributed by atoms with E-state index in [1.807, 2.05) is 0 Å². The lowest BCUT2D eigenvalue weighted by Crippen LogP contribution is -2.09. The minimum absolute atomic E-state index is 0.675. The van der Waals surface area contributed by atoms with Crippen LogP contribution in [0.5, 0.6) is 0 Å². The van der Waals surface area contributed by atoms with Gasteiger partial charge in [-0.3, -0.25) is 4.99 Å². The second kappa shape index (κ2) is 4.48. The molecule has 1 nitrogen and oxygen atoms in total. The van der Waals surface area contributed by atoms with Crippen LogP contribution in [-0.4, -0.2) is 12.3 Å². The molecule has 0 N–H and O–H groups in total. The van der Waals surface area contributed by atoms with Crippen molar-refractivity contribution in [2.75, 3.05) is 0 Å². The first-order valence-corrected chi connectivity index (χ1v) is 4.45. The molecular formula is C9H17N. The highest BCUT2D eigenvalue weighted by Gasteiger charge is 2.09. The predicted molar refractivity (Wildman–Crippen MR) is 45.7 cm³/mol. The van der Waals surface area contributed by atoms with Gasteiger partial charge in [0.05, 0.1) is 0 Å². The molecule has 1 aliphatic carbocycles. The van der Waals surface area contributed by atoms with Gasteiger partial charge < -0.3 is 0 Å². The SMILES string of the molecule is CC/C=N/C1CCCCC1. The molecule has 58 valence electrons. The van der Waals surface area contributed by atoms with Gasteiger partial charge in [-0.15, -0.1) is 0 Å². The van der Waals surface area contributed by atoms with Crippen LogP contribution in [0.25, 0.3) is 0 Å². The Labute approximate surface area is 63.5 Å². The van der Waals surface area contributed by atoms with Crippen LogP contribution >= 0.6 is 0 Å². The van der Waals surface area contributed by atoms with Crippen molar-refractivity contribution in [1.29, 1.82) is 0 Å². The van der Waals surface area contributed by atoms with Gasteiger partial charge in [0, 0.05) is 6.04 Å².